The number of aryl methyl sites for hydroxylation is 1. The average molecular weight is 479 g/mol. The molecule has 34 heavy (non-hydrogen) atoms. The molecule has 2 aromatic heterocycles. The molecule has 0 bridgehead atoms. The van der Waals surface area contributed by atoms with Gasteiger partial charge in [-0.1, -0.05) is 59.7 Å². The van der Waals surface area contributed by atoms with Crippen LogP contribution >= 0.6 is 0 Å². The van der Waals surface area contributed by atoms with Gasteiger partial charge in [-0.25, -0.2) is 4.98 Å². The van der Waals surface area contributed by atoms with Crippen LogP contribution in [-0.4, -0.2) is 40.4 Å². The maximum absolute atomic E-state index is 12.0. The van der Waals surface area contributed by atoms with Crippen molar-refractivity contribution >= 4 is 25.0 Å². The van der Waals surface area contributed by atoms with Crippen LogP contribution in [0.25, 0.3) is 22.0 Å². The summed E-state index contributed by atoms with van der Waals surface area (Å²) in [7, 11) is -0.0885. The van der Waals surface area contributed by atoms with Crippen LogP contribution in [0.15, 0.2) is 30.5 Å². The van der Waals surface area contributed by atoms with Gasteiger partial charge in [0.15, 0.2) is 5.88 Å². The predicted molar refractivity (Wildman–Crippen MR) is 140 cm³/mol. The zero-order chi connectivity index (χ0) is 24.8. The van der Waals surface area contributed by atoms with Gasteiger partial charge in [0, 0.05) is 68.0 Å². The molecule has 1 aliphatic rings. The molecular formula is C27H38N4O2Si. The van der Waals surface area contributed by atoms with Crippen molar-refractivity contribution in [2.75, 3.05) is 6.54 Å². The molecule has 0 saturated carbocycles. The molecule has 7 heteroatoms. The number of carbonyl (C=O) groups is 1. The van der Waals surface area contributed by atoms with E-state index in [9.17, 15) is 4.79 Å². The zero-order valence-electron chi connectivity index (χ0n) is 21.8. The van der Waals surface area contributed by atoms with E-state index in [1.54, 1.807) is 6.92 Å². The highest BCUT2D eigenvalue weighted by atomic mass is 28.4. The molecular weight excluding hydrogens is 440 g/mol. The molecule has 0 radical (unpaired) electrons. The van der Waals surface area contributed by atoms with E-state index in [0.717, 1.165) is 46.4 Å². The standard InChI is InChI=1S/C27H38N4O2Si/c1-17(2)34(18(3)4,19(5)6)33-26-14-21-10-9-11-22(23(21)15-28-26)27-24-16-31(20(7)32)13-12-25(24)30(8)29-27/h9-11,14-15,17-19H,12-13,16H2,1-8H3. The maximum Gasteiger partial charge on any atom is 0.260 e. The van der Waals surface area contributed by atoms with Crippen molar-refractivity contribution in [2.24, 2.45) is 7.05 Å². The minimum Gasteiger partial charge on any atom is -0.530 e. The third-order valence-corrected chi connectivity index (χ3v) is 13.6. The van der Waals surface area contributed by atoms with Gasteiger partial charge in [-0.15, -0.1) is 0 Å². The van der Waals surface area contributed by atoms with E-state index in [2.05, 4.69) is 65.8 Å². The normalized spacial score (nSPS) is 14.4. The van der Waals surface area contributed by atoms with Crippen LogP contribution in [0.3, 0.4) is 0 Å². The van der Waals surface area contributed by atoms with Gasteiger partial charge in [0.2, 0.25) is 5.91 Å². The Morgan fingerprint density at radius 2 is 1.76 bits per heavy atom. The minimum atomic E-state index is -2.08. The summed E-state index contributed by atoms with van der Waals surface area (Å²) in [4.78, 5) is 18.7. The molecule has 0 aliphatic carbocycles. The summed E-state index contributed by atoms with van der Waals surface area (Å²) >= 11 is 0. The third kappa shape index (κ3) is 4.04. The van der Waals surface area contributed by atoms with E-state index in [4.69, 9.17) is 14.5 Å². The predicted octanol–water partition coefficient (Wildman–Crippen LogP) is 6.09. The van der Waals surface area contributed by atoms with E-state index in [-0.39, 0.29) is 5.91 Å². The molecule has 0 fully saturated rings. The first-order valence-corrected chi connectivity index (χ1v) is 14.6. The van der Waals surface area contributed by atoms with E-state index in [1.165, 1.54) is 5.69 Å². The number of amides is 1. The second-order valence-electron chi connectivity index (χ2n) is 10.6. The molecule has 0 saturated heterocycles. The number of pyridine rings is 1. The maximum atomic E-state index is 12.0. The first kappa shape index (κ1) is 24.5. The molecule has 0 unspecified atom stereocenters. The fourth-order valence-corrected chi connectivity index (χ4v) is 11.2. The smallest absolute Gasteiger partial charge is 0.260 e. The molecule has 1 amide bonds. The van der Waals surface area contributed by atoms with Crippen molar-refractivity contribution in [1.82, 2.24) is 19.7 Å². The lowest BCUT2D eigenvalue weighted by atomic mass is 9.97. The van der Waals surface area contributed by atoms with Crippen molar-refractivity contribution in [2.45, 2.75) is 78.1 Å². The first-order chi connectivity index (χ1) is 16.1. The molecule has 6 nitrogen and oxygen atoms in total. The van der Waals surface area contributed by atoms with Gasteiger partial charge in [0.25, 0.3) is 8.32 Å². The lowest BCUT2D eigenvalue weighted by Gasteiger charge is -2.41. The third-order valence-electron chi connectivity index (χ3n) is 7.67. The SMILES string of the molecule is CC(=O)N1CCc2c(c(-c3cccc4cc(O[Si](C(C)C)(C(C)C)C(C)C)ncc34)nn2C)C1. The summed E-state index contributed by atoms with van der Waals surface area (Å²) in [6.45, 7) is 16.7. The van der Waals surface area contributed by atoms with Crippen molar-refractivity contribution in [3.8, 4) is 17.1 Å². The summed E-state index contributed by atoms with van der Waals surface area (Å²) in [6, 6.07) is 8.39. The van der Waals surface area contributed by atoms with Crippen LogP contribution in [0.4, 0.5) is 0 Å². The van der Waals surface area contributed by atoms with Crippen LogP contribution < -0.4 is 4.43 Å². The quantitative estimate of drug-likeness (QED) is 0.402. The van der Waals surface area contributed by atoms with Gasteiger partial charge in [0.1, 0.15) is 0 Å². The summed E-state index contributed by atoms with van der Waals surface area (Å²) in [5.41, 5.74) is 5.81. The Hall–Kier alpha value is -2.67. The van der Waals surface area contributed by atoms with Gasteiger partial charge in [-0.2, -0.15) is 5.10 Å². The highest BCUT2D eigenvalue weighted by molar-refractivity contribution is 6.78. The highest BCUT2D eigenvalue weighted by Crippen LogP contribution is 2.43. The van der Waals surface area contributed by atoms with E-state index < -0.39 is 8.32 Å². The summed E-state index contributed by atoms with van der Waals surface area (Å²) in [5, 5.41) is 7.04. The fraction of sp³-hybridized carbons (Fsp3) is 0.519. The minimum absolute atomic E-state index is 0.106. The van der Waals surface area contributed by atoms with Crippen molar-refractivity contribution in [1.29, 1.82) is 0 Å². The second-order valence-corrected chi connectivity index (χ2v) is 15.9. The summed E-state index contributed by atoms with van der Waals surface area (Å²) in [6.07, 6.45) is 2.76. The second kappa shape index (κ2) is 9.17. The Balaban J connectivity index is 1.78. The number of benzene rings is 1. The molecule has 1 aliphatic heterocycles. The molecule has 4 rings (SSSR count). The van der Waals surface area contributed by atoms with Crippen molar-refractivity contribution in [3.05, 3.63) is 41.7 Å². The molecule has 1 aromatic carbocycles. The lowest BCUT2D eigenvalue weighted by molar-refractivity contribution is -0.129. The van der Waals surface area contributed by atoms with Gasteiger partial charge in [-0.05, 0) is 22.0 Å². The summed E-state index contributed by atoms with van der Waals surface area (Å²) < 4.78 is 8.81. The first-order valence-electron chi connectivity index (χ1n) is 12.4. The molecule has 3 aromatic rings. The van der Waals surface area contributed by atoms with E-state index in [1.807, 2.05) is 22.8 Å². The molecule has 0 N–H and O–H groups in total. The van der Waals surface area contributed by atoms with Gasteiger partial charge >= 0.3 is 0 Å². The van der Waals surface area contributed by atoms with Crippen LogP contribution in [-0.2, 0) is 24.8 Å². The topological polar surface area (TPSA) is 60.3 Å². The Morgan fingerprint density at radius 1 is 1.09 bits per heavy atom. The lowest BCUT2D eigenvalue weighted by Crippen LogP contribution is -2.50. The van der Waals surface area contributed by atoms with Crippen LogP contribution in [0.1, 0.15) is 59.7 Å². The number of carbonyl (C=O) groups excluding carboxylic acids is 1. The van der Waals surface area contributed by atoms with Crippen molar-refractivity contribution in [3.63, 3.8) is 0 Å². The number of fused-ring (bicyclic) bond motifs is 2. The fourth-order valence-electron chi connectivity index (χ4n) is 6.03. The summed E-state index contributed by atoms with van der Waals surface area (Å²) in [5.74, 6) is 0.827. The number of hydrogen-bond donors (Lipinski definition) is 0. The monoisotopic (exact) mass is 478 g/mol. The molecule has 0 atom stereocenters. The van der Waals surface area contributed by atoms with Crippen LogP contribution in [0, 0.1) is 0 Å². The van der Waals surface area contributed by atoms with Crippen LogP contribution in [0.5, 0.6) is 5.88 Å². The largest absolute Gasteiger partial charge is 0.530 e. The Bertz CT molecular complexity index is 1190. The Kier molecular flexibility index (Phi) is 6.60. The molecule has 182 valence electrons. The average Bonchev–Trinajstić information content (AvgIpc) is 3.11. The number of rotatable bonds is 6. The highest BCUT2D eigenvalue weighted by Gasteiger charge is 2.47. The number of nitrogens with zero attached hydrogens (tertiary/aromatic N) is 4. The van der Waals surface area contributed by atoms with Gasteiger partial charge in [0.05, 0.1) is 5.69 Å². The molecule has 0 spiro atoms. The van der Waals surface area contributed by atoms with Gasteiger partial charge < -0.3 is 9.33 Å². The van der Waals surface area contributed by atoms with E-state index in [0.29, 0.717) is 23.2 Å². The number of hydrogen-bond acceptors (Lipinski definition) is 4. The van der Waals surface area contributed by atoms with Crippen LogP contribution in [0.2, 0.25) is 16.6 Å². The zero-order valence-corrected chi connectivity index (χ0v) is 22.8. The van der Waals surface area contributed by atoms with Gasteiger partial charge in [-0.3, -0.25) is 9.48 Å². The number of aromatic nitrogens is 3. The molecule has 3 heterocycles. The Morgan fingerprint density at radius 3 is 2.38 bits per heavy atom. The Labute approximate surface area is 204 Å². The van der Waals surface area contributed by atoms with E-state index >= 15 is 0 Å². The van der Waals surface area contributed by atoms with Crippen molar-refractivity contribution < 1.29 is 9.22 Å².